The van der Waals surface area contributed by atoms with Gasteiger partial charge >= 0.3 is 5.97 Å². The lowest BCUT2D eigenvalue weighted by molar-refractivity contribution is 0.0601. The summed E-state index contributed by atoms with van der Waals surface area (Å²) in [6, 6.07) is 9.80. The van der Waals surface area contributed by atoms with Crippen LogP contribution in [0.3, 0.4) is 0 Å². The molecule has 1 aromatic carbocycles. The maximum atomic E-state index is 12.0. The van der Waals surface area contributed by atoms with Crippen molar-refractivity contribution in [1.82, 2.24) is 9.97 Å². The number of aromatic nitrogens is 2. The zero-order valence-corrected chi connectivity index (χ0v) is 14.6. The van der Waals surface area contributed by atoms with Crippen LogP contribution in [0.4, 0.5) is 11.8 Å². The number of benzene rings is 1. The van der Waals surface area contributed by atoms with E-state index in [1.54, 1.807) is 0 Å². The van der Waals surface area contributed by atoms with Crippen molar-refractivity contribution >= 4 is 29.3 Å². The highest BCUT2D eigenvalue weighted by Gasteiger charge is 2.20. The van der Waals surface area contributed by atoms with Gasteiger partial charge in [-0.05, 0) is 12.0 Å². The average Bonchev–Trinajstić information content (AvgIpc) is 2.60. The minimum Gasteiger partial charge on any atom is -0.465 e. The van der Waals surface area contributed by atoms with E-state index in [2.05, 4.69) is 27.5 Å². The first-order valence-electron chi connectivity index (χ1n) is 7.83. The number of carbonyl (C=O) groups is 1. The second-order valence-electron chi connectivity index (χ2n) is 5.17. The van der Waals surface area contributed by atoms with E-state index in [-0.39, 0.29) is 10.7 Å². The van der Waals surface area contributed by atoms with Gasteiger partial charge in [-0.25, -0.2) is 9.78 Å². The van der Waals surface area contributed by atoms with Crippen molar-refractivity contribution in [3.63, 3.8) is 0 Å². The predicted octanol–water partition coefficient (Wildman–Crippen LogP) is 3.74. The Hall–Kier alpha value is -2.34. The van der Waals surface area contributed by atoms with Crippen molar-refractivity contribution in [2.75, 3.05) is 24.3 Å². The number of anilines is 2. The van der Waals surface area contributed by atoms with Crippen molar-refractivity contribution in [3.05, 3.63) is 46.6 Å². The molecule has 0 saturated carbocycles. The molecule has 2 rings (SSSR count). The van der Waals surface area contributed by atoms with Gasteiger partial charge in [-0.15, -0.1) is 0 Å². The standard InChI is InChI=1S/C17H21ClN4O2/c1-3-4-10-19-17-21-14(18)13(16(23)24-2)15(22-17)20-11-12-8-6-5-7-9-12/h5-9H,3-4,10-11H2,1-2H3,(H2,19,20,21,22). The van der Waals surface area contributed by atoms with Crippen molar-refractivity contribution in [2.24, 2.45) is 0 Å². The molecule has 0 radical (unpaired) electrons. The van der Waals surface area contributed by atoms with Crippen LogP contribution >= 0.6 is 11.6 Å². The SMILES string of the molecule is CCCCNc1nc(Cl)c(C(=O)OC)c(NCc2ccccc2)n1. The molecule has 128 valence electrons. The summed E-state index contributed by atoms with van der Waals surface area (Å²) in [5.41, 5.74) is 1.19. The number of methoxy groups -OCH3 is 1. The molecule has 0 aliphatic carbocycles. The first kappa shape index (κ1) is 18.0. The molecule has 2 N–H and O–H groups in total. The summed E-state index contributed by atoms with van der Waals surface area (Å²) in [7, 11) is 1.30. The highest BCUT2D eigenvalue weighted by atomic mass is 35.5. The van der Waals surface area contributed by atoms with E-state index in [9.17, 15) is 4.79 Å². The van der Waals surface area contributed by atoms with Crippen LogP contribution in [-0.2, 0) is 11.3 Å². The molecule has 0 fully saturated rings. The molecular weight excluding hydrogens is 328 g/mol. The maximum Gasteiger partial charge on any atom is 0.344 e. The highest BCUT2D eigenvalue weighted by molar-refractivity contribution is 6.33. The molecule has 0 amide bonds. The molecule has 0 bridgehead atoms. The van der Waals surface area contributed by atoms with E-state index < -0.39 is 5.97 Å². The van der Waals surface area contributed by atoms with E-state index in [1.807, 2.05) is 30.3 Å². The lowest BCUT2D eigenvalue weighted by Gasteiger charge is -2.13. The normalized spacial score (nSPS) is 10.3. The van der Waals surface area contributed by atoms with Crippen LogP contribution in [0, 0.1) is 0 Å². The van der Waals surface area contributed by atoms with E-state index in [0.29, 0.717) is 18.3 Å². The molecule has 2 aromatic rings. The fourth-order valence-corrected chi connectivity index (χ4v) is 2.33. The Kier molecular flexibility index (Phi) is 6.81. The van der Waals surface area contributed by atoms with Gasteiger partial charge in [0.15, 0.2) is 5.15 Å². The second kappa shape index (κ2) is 9.08. The number of nitrogens with zero attached hydrogens (tertiary/aromatic N) is 2. The fraction of sp³-hybridized carbons (Fsp3) is 0.353. The molecule has 0 saturated heterocycles. The lowest BCUT2D eigenvalue weighted by atomic mass is 10.2. The van der Waals surface area contributed by atoms with Crippen molar-refractivity contribution in [1.29, 1.82) is 0 Å². The van der Waals surface area contributed by atoms with Crippen LogP contribution in [0.2, 0.25) is 5.15 Å². The monoisotopic (exact) mass is 348 g/mol. The first-order valence-corrected chi connectivity index (χ1v) is 8.21. The molecule has 6 nitrogen and oxygen atoms in total. The van der Waals surface area contributed by atoms with Gasteiger partial charge in [-0.1, -0.05) is 55.3 Å². The summed E-state index contributed by atoms with van der Waals surface area (Å²) in [6.45, 7) is 3.35. The predicted molar refractivity (Wildman–Crippen MR) is 95.5 cm³/mol. The number of rotatable bonds is 8. The number of nitrogens with one attached hydrogen (secondary N) is 2. The Bertz CT molecular complexity index is 680. The van der Waals surface area contributed by atoms with E-state index in [1.165, 1.54) is 7.11 Å². The van der Waals surface area contributed by atoms with E-state index in [4.69, 9.17) is 16.3 Å². The molecule has 7 heteroatoms. The lowest BCUT2D eigenvalue weighted by Crippen LogP contribution is -2.14. The third-order valence-corrected chi connectivity index (χ3v) is 3.64. The Morgan fingerprint density at radius 1 is 1.21 bits per heavy atom. The molecule has 24 heavy (non-hydrogen) atoms. The van der Waals surface area contributed by atoms with Gasteiger partial charge in [0, 0.05) is 13.1 Å². The summed E-state index contributed by atoms with van der Waals surface area (Å²) < 4.78 is 4.78. The number of unbranched alkanes of at least 4 members (excludes halogenated alkanes) is 1. The molecule has 0 aliphatic rings. The van der Waals surface area contributed by atoms with Gasteiger partial charge < -0.3 is 15.4 Å². The molecule has 0 unspecified atom stereocenters. The van der Waals surface area contributed by atoms with Crippen LogP contribution in [0.5, 0.6) is 0 Å². The number of hydrogen-bond donors (Lipinski definition) is 2. The van der Waals surface area contributed by atoms with Gasteiger partial charge in [-0.2, -0.15) is 4.98 Å². The Balaban J connectivity index is 2.24. The molecule has 0 spiro atoms. The minimum atomic E-state index is -0.573. The zero-order valence-electron chi connectivity index (χ0n) is 13.8. The minimum absolute atomic E-state index is 0.0615. The van der Waals surface area contributed by atoms with Crippen LogP contribution in [0.15, 0.2) is 30.3 Å². The van der Waals surface area contributed by atoms with E-state index in [0.717, 1.165) is 24.9 Å². The van der Waals surface area contributed by atoms with Crippen molar-refractivity contribution < 1.29 is 9.53 Å². The van der Waals surface area contributed by atoms with Crippen LogP contribution in [0.1, 0.15) is 35.7 Å². The zero-order chi connectivity index (χ0) is 17.4. The average molecular weight is 349 g/mol. The van der Waals surface area contributed by atoms with Gasteiger partial charge in [0.2, 0.25) is 5.95 Å². The van der Waals surface area contributed by atoms with Gasteiger partial charge in [0.05, 0.1) is 7.11 Å². The Morgan fingerprint density at radius 3 is 2.62 bits per heavy atom. The molecular formula is C17H21ClN4O2. The fourth-order valence-electron chi connectivity index (χ4n) is 2.08. The van der Waals surface area contributed by atoms with Crippen LogP contribution < -0.4 is 10.6 Å². The van der Waals surface area contributed by atoms with Gasteiger partial charge in [0.25, 0.3) is 0 Å². The van der Waals surface area contributed by atoms with Crippen molar-refractivity contribution in [2.45, 2.75) is 26.3 Å². The van der Waals surface area contributed by atoms with E-state index >= 15 is 0 Å². The number of carbonyl (C=O) groups excluding carboxylic acids is 1. The molecule has 1 heterocycles. The smallest absolute Gasteiger partial charge is 0.344 e. The molecule has 0 aliphatic heterocycles. The quantitative estimate of drug-likeness (QED) is 0.430. The highest BCUT2D eigenvalue weighted by Crippen LogP contribution is 2.24. The van der Waals surface area contributed by atoms with Crippen molar-refractivity contribution in [3.8, 4) is 0 Å². The first-order chi connectivity index (χ1) is 11.7. The Labute approximate surface area is 146 Å². The molecule has 1 aromatic heterocycles. The number of halogens is 1. The van der Waals surface area contributed by atoms with Crippen LogP contribution in [-0.4, -0.2) is 29.6 Å². The maximum absolute atomic E-state index is 12.0. The Morgan fingerprint density at radius 2 is 1.96 bits per heavy atom. The largest absolute Gasteiger partial charge is 0.465 e. The van der Waals surface area contributed by atoms with Gasteiger partial charge in [-0.3, -0.25) is 0 Å². The number of hydrogen-bond acceptors (Lipinski definition) is 6. The molecule has 0 atom stereocenters. The summed E-state index contributed by atoms with van der Waals surface area (Å²) in [4.78, 5) is 20.5. The second-order valence-corrected chi connectivity index (χ2v) is 5.53. The number of ether oxygens (including phenoxy) is 1. The topological polar surface area (TPSA) is 76.1 Å². The summed E-state index contributed by atoms with van der Waals surface area (Å²) >= 11 is 6.17. The third-order valence-electron chi connectivity index (χ3n) is 3.37. The third kappa shape index (κ3) is 4.83. The van der Waals surface area contributed by atoms with Gasteiger partial charge in [0.1, 0.15) is 11.4 Å². The summed E-state index contributed by atoms with van der Waals surface area (Å²) in [5.74, 6) is 0.164. The van der Waals surface area contributed by atoms with Crippen LogP contribution in [0.25, 0.3) is 0 Å². The summed E-state index contributed by atoms with van der Waals surface area (Å²) in [5, 5.41) is 6.31. The summed E-state index contributed by atoms with van der Waals surface area (Å²) in [6.07, 6.45) is 2.05. The number of esters is 1.